The number of rotatable bonds is 2. The van der Waals surface area contributed by atoms with Gasteiger partial charge >= 0.3 is 0 Å². The SMILES string of the molecule is C[C@H](N)Cc1cc(Br)ccc1Cl. The molecule has 2 N–H and O–H groups in total. The van der Waals surface area contributed by atoms with Gasteiger partial charge in [-0.1, -0.05) is 27.5 Å². The van der Waals surface area contributed by atoms with Crippen LogP contribution in [-0.2, 0) is 6.42 Å². The summed E-state index contributed by atoms with van der Waals surface area (Å²) in [5, 5.41) is 0.788. The maximum atomic E-state index is 5.96. The Kier molecular flexibility index (Phi) is 3.56. The van der Waals surface area contributed by atoms with Crippen LogP contribution in [0.15, 0.2) is 22.7 Å². The molecule has 0 saturated heterocycles. The first-order valence-electron chi connectivity index (χ1n) is 3.79. The fourth-order valence-electron chi connectivity index (χ4n) is 1.05. The minimum atomic E-state index is 0.150. The Hall–Kier alpha value is -0.0500. The van der Waals surface area contributed by atoms with Gasteiger partial charge in [0.2, 0.25) is 0 Å². The molecule has 66 valence electrons. The van der Waals surface area contributed by atoms with E-state index in [2.05, 4.69) is 15.9 Å². The average Bonchev–Trinajstić information content (AvgIpc) is 1.96. The van der Waals surface area contributed by atoms with Crippen LogP contribution >= 0.6 is 27.5 Å². The van der Waals surface area contributed by atoms with Gasteiger partial charge in [0.25, 0.3) is 0 Å². The number of nitrogens with two attached hydrogens (primary N) is 1. The van der Waals surface area contributed by atoms with Gasteiger partial charge < -0.3 is 5.73 Å². The molecule has 0 heterocycles. The molecule has 12 heavy (non-hydrogen) atoms. The minimum absolute atomic E-state index is 0.150. The van der Waals surface area contributed by atoms with Crippen LogP contribution in [-0.4, -0.2) is 6.04 Å². The molecular weight excluding hydrogens is 237 g/mol. The van der Waals surface area contributed by atoms with Gasteiger partial charge in [0.15, 0.2) is 0 Å². The lowest BCUT2D eigenvalue weighted by atomic mass is 10.1. The number of hydrogen-bond acceptors (Lipinski definition) is 1. The van der Waals surface area contributed by atoms with Crippen LogP contribution in [0.25, 0.3) is 0 Å². The molecule has 0 spiro atoms. The lowest BCUT2D eigenvalue weighted by Crippen LogP contribution is -2.17. The van der Waals surface area contributed by atoms with Crippen molar-refractivity contribution >= 4 is 27.5 Å². The van der Waals surface area contributed by atoms with Crippen molar-refractivity contribution in [3.05, 3.63) is 33.3 Å². The molecule has 3 heteroatoms. The van der Waals surface area contributed by atoms with E-state index in [9.17, 15) is 0 Å². The quantitative estimate of drug-likeness (QED) is 0.855. The molecule has 0 fully saturated rings. The Balaban J connectivity index is 2.90. The van der Waals surface area contributed by atoms with E-state index in [-0.39, 0.29) is 6.04 Å². The van der Waals surface area contributed by atoms with Crippen molar-refractivity contribution in [2.45, 2.75) is 19.4 Å². The average molecular weight is 249 g/mol. The number of benzene rings is 1. The predicted molar refractivity (Wildman–Crippen MR) is 56.5 cm³/mol. The molecular formula is C9H11BrClN. The molecule has 1 nitrogen and oxygen atoms in total. The van der Waals surface area contributed by atoms with Crippen LogP contribution in [0.5, 0.6) is 0 Å². The zero-order valence-electron chi connectivity index (χ0n) is 6.85. The van der Waals surface area contributed by atoms with Crippen LogP contribution in [0.1, 0.15) is 12.5 Å². The largest absolute Gasteiger partial charge is 0.328 e. The highest BCUT2D eigenvalue weighted by Crippen LogP contribution is 2.21. The monoisotopic (exact) mass is 247 g/mol. The first kappa shape index (κ1) is 10.0. The van der Waals surface area contributed by atoms with Crippen LogP contribution in [0, 0.1) is 0 Å². The Labute approximate surface area is 86.0 Å². The fraction of sp³-hybridized carbons (Fsp3) is 0.333. The first-order valence-corrected chi connectivity index (χ1v) is 4.96. The molecule has 0 radical (unpaired) electrons. The maximum absolute atomic E-state index is 5.96. The zero-order chi connectivity index (χ0) is 9.14. The van der Waals surface area contributed by atoms with Gasteiger partial charge in [0.05, 0.1) is 0 Å². The van der Waals surface area contributed by atoms with Crippen molar-refractivity contribution in [3.63, 3.8) is 0 Å². The topological polar surface area (TPSA) is 26.0 Å². The van der Waals surface area contributed by atoms with E-state index >= 15 is 0 Å². The highest BCUT2D eigenvalue weighted by atomic mass is 79.9. The summed E-state index contributed by atoms with van der Waals surface area (Å²) in [7, 11) is 0. The molecule has 1 aromatic carbocycles. The van der Waals surface area contributed by atoms with E-state index < -0.39 is 0 Å². The molecule has 0 saturated carbocycles. The Morgan fingerprint density at radius 2 is 2.25 bits per heavy atom. The van der Waals surface area contributed by atoms with Gasteiger partial charge in [-0.25, -0.2) is 0 Å². The molecule has 0 unspecified atom stereocenters. The lowest BCUT2D eigenvalue weighted by molar-refractivity contribution is 0.738. The van der Waals surface area contributed by atoms with Crippen LogP contribution in [0.2, 0.25) is 5.02 Å². The van der Waals surface area contributed by atoms with Gasteiger partial charge in [0, 0.05) is 15.5 Å². The van der Waals surface area contributed by atoms with Gasteiger partial charge in [-0.2, -0.15) is 0 Å². The Bertz CT molecular complexity index is 273. The van der Waals surface area contributed by atoms with E-state index in [0.29, 0.717) is 0 Å². The van der Waals surface area contributed by atoms with E-state index in [1.807, 2.05) is 25.1 Å². The summed E-state index contributed by atoms with van der Waals surface area (Å²) >= 11 is 9.35. The van der Waals surface area contributed by atoms with Gasteiger partial charge in [-0.15, -0.1) is 0 Å². The predicted octanol–water partition coefficient (Wildman–Crippen LogP) is 2.99. The van der Waals surface area contributed by atoms with Crippen LogP contribution in [0.3, 0.4) is 0 Å². The Morgan fingerprint density at radius 3 is 2.83 bits per heavy atom. The van der Waals surface area contributed by atoms with Gasteiger partial charge in [-0.05, 0) is 37.1 Å². The normalized spacial score (nSPS) is 13.0. The second-order valence-electron chi connectivity index (χ2n) is 2.92. The third-order valence-corrected chi connectivity index (χ3v) is 2.41. The third kappa shape index (κ3) is 2.77. The molecule has 0 aliphatic rings. The van der Waals surface area contributed by atoms with Crippen LogP contribution in [0.4, 0.5) is 0 Å². The van der Waals surface area contributed by atoms with Gasteiger partial charge in [0.1, 0.15) is 0 Å². The second-order valence-corrected chi connectivity index (χ2v) is 4.24. The summed E-state index contributed by atoms with van der Waals surface area (Å²) in [4.78, 5) is 0. The number of halogens is 2. The van der Waals surface area contributed by atoms with Crippen molar-refractivity contribution in [2.75, 3.05) is 0 Å². The van der Waals surface area contributed by atoms with Crippen molar-refractivity contribution in [2.24, 2.45) is 5.73 Å². The van der Waals surface area contributed by atoms with Gasteiger partial charge in [-0.3, -0.25) is 0 Å². The summed E-state index contributed by atoms with van der Waals surface area (Å²) in [5.41, 5.74) is 6.77. The number of hydrogen-bond donors (Lipinski definition) is 1. The molecule has 1 aromatic rings. The lowest BCUT2D eigenvalue weighted by Gasteiger charge is -2.07. The summed E-state index contributed by atoms with van der Waals surface area (Å²) < 4.78 is 1.04. The zero-order valence-corrected chi connectivity index (χ0v) is 9.19. The van der Waals surface area contributed by atoms with E-state index in [1.165, 1.54) is 0 Å². The second kappa shape index (κ2) is 4.26. The third-order valence-electron chi connectivity index (χ3n) is 1.55. The van der Waals surface area contributed by atoms with E-state index in [0.717, 1.165) is 21.5 Å². The summed E-state index contributed by atoms with van der Waals surface area (Å²) in [6.07, 6.45) is 0.818. The molecule has 1 atom stereocenters. The van der Waals surface area contributed by atoms with Crippen LogP contribution < -0.4 is 5.73 Å². The van der Waals surface area contributed by atoms with E-state index in [4.69, 9.17) is 17.3 Å². The van der Waals surface area contributed by atoms with Crippen molar-refractivity contribution in [3.8, 4) is 0 Å². The fourth-order valence-corrected chi connectivity index (χ4v) is 1.65. The molecule has 1 rings (SSSR count). The summed E-state index contributed by atoms with van der Waals surface area (Å²) in [6.45, 7) is 1.97. The standard InChI is InChI=1S/C9H11BrClN/c1-6(12)4-7-5-8(10)2-3-9(7)11/h2-3,5-6H,4,12H2,1H3/t6-/m0/s1. The summed E-state index contributed by atoms with van der Waals surface area (Å²) in [5.74, 6) is 0. The van der Waals surface area contributed by atoms with E-state index in [1.54, 1.807) is 0 Å². The highest BCUT2D eigenvalue weighted by molar-refractivity contribution is 9.10. The summed E-state index contributed by atoms with van der Waals surface area (Å²) in [6, 6.07) is 5.96. The van der Waals surface area contributed by atoms with Crippen molar-refractivity contribution < 1.29 is 0 Å². The van der Waals surface area contributed by atoms with Crippen molar-refractivity contribution in [1.29, 1.82) is 0 Å². The smallest absolute Gasteiger partial charge is 0.0439 e. The molecule has 0 amide bonds. The first-order chi connectivity index (χ1) is 5.59. The molecule has 0 aliphatic carbocycles. The molecule has 0 aromatic heterocycles. The Morgan fingerprint density at radius 1 is 1.58 bits per heavy atom. The molecule has 0 aliphatic heterocycles. The van der Waals surface area contributed by atoms with Crippen molar-refractivity contribution in [1.82, 2.24) is 0 Å². The highest BCUT2D eigenvalue weighted by Gasteiger charge is 2.03. The minimum Gasteiger partial charge on any atom is -0.328 e. The molecule has 0 bridgehead atoms. The maximum Gasteiger partial charge on any atom is 0.0439 e.